The molecular weight excluding hydrogens is 313 g/mol. The largest absolute Gasteiger partial charge is 0.481 e. The summed E-state index contributed by atoms with van der Waals surface area (Å²) in [5.41, 5.74) is 1.04. The number of halogens is 2. The van der Waals surface area contributed by atoms with Gasteiger partial charge in [-0.05, 0) is 37.0 Å². The quantitative estimate of drug-likeness (QED) is 0.902. The standard InChI is InChI=1S/C15H17Cl2NO3/c16-12-5-4-10(8-13(12)17)2-1-3-14(19)18-7-6-11(9-18)15(20)21/h4-5,8,11H,1-3,6-7,9H2,(H,20,21)/t11-/m1/s1. The van der Waals surface area contributed by atoms with E-state index in [0.29, 0.717) is 42.4 Å². The molecule has 1 aliphatic rings. The van der Waals surface area contributed by atoms with E-state index in [0.717, 1.165) is 12.0 Å². The number of hydrogen-bond donors (Lipinski definition) is 1. The molecule has 114 valence electrons. The molecule has 1 aromatic carbocycles. The Morgan fingerprint density at radius 2 is 2.05 bits per heavy atom. The third-order valence-electron chi connectivity index (χ3n) is 3.73. The van der Waals surface area contributed by atoms with Crippen LogP contribution in [0.3, 0.4) is 0 Å². The molecule has 0 unspecified atom stereocenters. The summed E-state index contributed by atoms with van der Waals surface area (Å²) in [6.07, 6.45) is 2.43. The number of carboxylic acid groups (broad SMARTS) is 1. The molecule has 4 nitrogen and oxygen atoms in total. The number of benzene rings is 1. The molecule has 0 bridgehead atoms. The van der Waals surface area contributed by atoms with Gasteiger partial charge in [0.05, 0.1) is 16.0 Å². The van der Waals surface area contributed by atoms with Gasteiger partial charge in [0.25, 0.3) is 0 Å². The zero-order valence-electron chi connectivity index (χ0n) is 11.5. The molecule has 1 aromatic rings. The first-order valence-electron chi connectivity index (χ1n) is 6.92. The van der Waals surface area contributed by atoms with Crippen LogP contribution in [0.1, 0.15) is 24.8 Å². The highest BCUT2D eigenvalue weighted by molar-refractivity contribution is 6.42. The molecule has 1 saturated heterocycles. The number of hydrogen-bond acceptors (Lipinski definition) is 2. The number of aryl methyl sites for hydroxylation is 1. The number of rotatable bonds is 5. The highest BCUT2D eigenvalue weighted by Crippen LogP contribution is 2.23. The molecule has 0 aliphatic carbocycles. The number of carbonyl (C=O) groups is 2. The van der Waals surface area contributed by atoms with Gasteiger partial charge in [0.1, 0.15) is 0 Å². The monoisotopic (exact) mass is 329 g/mol. The van der Waals surface area contributed by atoms with Gasteiger partial charge in [0.2, 0.25) is 5.91 Å². The minimum absolute atomic E-state index is 0.0267. The lowest BCUT2D eigenvalue weighted by atomic mass is 10.1. The van der Waals surface area contributed by atoms with Crippen LogP contribution < -0.4 is 0 Å². The molecular formula is C15H17Cl2NO3. The normalized spacial score (nSPS) is 18.0. The zero-order valence-corrected chi connectivity index (χ0v) is 13.0. The first-order valence-corrected chi connectivity index (χ1v) is 7.67. The van der Waals surface area contributed by atoms with Gasteiger partial charge < -0.3 is 10.0 Å². The highest BCUT2D eigenvalue weighted by atomic mass is 35.5. The molecule has 1 fully saturated rings. The Bertz CT molecular complexity index is 548. The number of amides is 1. The molecule has 0 radical (unpaired) electrons. The smallest absolute Gasteiger partial charge is 0.308 e. The van der Waals surface area contributed by atoms with Gasteiger partial charge in [0, 0.05) is 19.5 Å². The van der Waals surface area contributed by atoms with E-state index in [4.69, 9.17) is 28.3 Å². The van der Waals surface area contributed by atoms with E-state index in [-0.39, 0.29) is 5.91 Å². The Labute approximate surface area is 133 Å². The van der Waals surface area contributed by atoms with Crippen LogP contribution in [0.5, 0.6) is 0 Å². The third-order valence-corrected chi connectivity index (χ3v) is 4.47. The Morgan fingerprint density at radius 3 is 2.67 bits per heavy atom. The third kappa shape index (κ3) is 4.35. The maximum Gasteiger partial charge on any atom is 0.308 e. The maximum atomic E-state index is 12.0. The second kappa shape index (κ2) is 7.14. The summed E-state index contributed by atoms with van der Waals surface area (Å²) < 4.78 is 0. The van der Waals surface area contributed by atoms with Gasteiger partial charge >= 0.3 is 5.97 Å². The zero-order chi connectivity index (χ0) is 15.4. The molecule has 0 saturated carbocycles. The Hall–Kier alpha value is -1.26. The molecule has 2 rings (SSSR count). The van der Waals surface area contributed by atoms with E-state index in [1.165, 1.54) is 0 Å². The van der Waals surface area contributed by atoms with Crippen LogP contribution in [0.15, 0.2) is 18.2 Å². The lowest BCUT2D eigenvalue weighted by Gasteiger charge is -2.15. The predicted octanol–water partition coefficient (Wildman–Crippen LogP) is 3.25. The summed E-state index contributed by atoms with van der Waals surface area (Å²) in [4.78, 5) is 24.5. The van der Waals surface area contributed by atoms with Crippen molar-refractivity contribution in [2.45, 2.75) is 25.7 Å². The highest BCUT2D eigenvalue weighted by Gasteiger charge is 2.30. The number of carbonyl (C=O) groups excluding carboxylic acids is 1. The molecule has 6 heteroatoms. The average Bonchev–Trinajstić information content (AvgIpc) is 2.92. The number of likely N-dealkylation sites (tertiary alicyclic amines) is 1. The van der Waals surface area contributed by atoms with Crippen molar-refractivity contribution in [1.82, 2.24) is 4.90 Å². The van der Waals surface area contributed by atoms with E-state index < -0.39 is 11.9 Å². The lowest BCUT2D eigenvalue weighted by Crippen LogP contribution is -2.29. The van der Waals surface area contributed by atoms with Gasteiger partial charge in [-0.25, -0.2) is 0 Å². The second-order valence-electron chi connectivity index (χ2n) is 5.27. The summed E-state index contributed by atoms with van der Waals surface area (Å²) in [6, 6.07) is 5.46. The van der Waals surface area contributed by atoms with Crippen molar-refractivity contribution in [3.05, 3.63) is 33.8 Å². The minimum atomic E-state index is -0.818. The fourth-order valence-electron chi connectivity index (χ4n) is 2.49. The molecule has 1 N–H and O–H groups in total. The van der Waals surface area contributed by atoms with E-state index in [1.54, 1.807) is 11.0 Å². The first kappa shape index (κ1) is 16.1. The van der Waals surface area contributed by atoms with E-state index in [9.17, 15) is 9.59 Å². The van der Waals surface area contributed by atoms with Gasteiger partial charge in [0.15, 0.2) is 0 Å². The van der Waals surface area contributed by atoms with Gasteiger partial charge in [-0.2, -0.15) is 0 Å². The van der Waals surface area contributed by atoms with E-state index in [2.05, 4.69) is 0 Å². The van der Waals surface area contributed by atoms with Crippen LogP contribution in [0, 0.1) is 5.92 Å². The lowest BCUT2D eigenvalue weighted by molar-refractivity contribution is -0.141. The number of aliphatic carboxylic acids is 1. The van der Waals surface area contributed by atoms with Crippen LogP contribution in [0.25, 0.3) is 0 Å². The average molecular weight is 330 g/mol. The van der Waals surface area contributed by atoms with Gasteiger partial charge in [-0.1, -0.05) is 29.3 Å². The summed E-state index contributed by atoms with van der Waals surface area (Å²) in [7, 11) is 0. The van der Waals surface area contributed by atoms with Crippen LogP contribution in [0.4, 0.5) is 0 Å². The first-order chi connectivity index (χ1) is 9.97. The number of carboxylic acids is 1. The fraction of sp³-hybridized carbons (Fsp3) is 0.467. The fourth-order valence-corrected chi connectivity index (χ4v) is 2.81. The minimum Gasteiger partial charge on any atom is -0.481 e. The Balaban J connectivity index is 1.77. The van der Waals surface area contributed by atoms with E-state index in [1.807, 2.05) is 12.1 Å². The maximum absolute atomic E-state index is 12.0. The van der Waals surface area contributed by atoms with Crippen molar-refractivity contribution in [3.63, 3.8) is 0 Å². The molecule has 1 amide bonds. The topological polar surface area (TPSA) is 57.6 Å². The summed E-state index contributed by atoms with van der Waals surface area (Å²) in [5.74, 6) is -1.20. The van der Waals surface area contributed by atoms with Crippen molar-refractivity contribution in [2.75, 3.05) is 13.1 Å². The van der Waals surface area contributed by atoms with Crippen molar-refractivity contribution >= 4 is 35.1 Å². The molecule has 1 atom stereocenters. The molecule has 1 aliphatic heterocycles. The van der Waals surface area contributed by atoms with Crippen molar-refractivity contribution in [1.29, 1.82) is 0 Å². The van der Waals surface area contributed by atoms with Gasteiger partial charge in [-0.3, -0.25) is 9.59 Å². The van der Waals surface area contributed by atoms with Crippen LogP contribution in [-0.2, 0) is 16.0 Å². The summed E-state index contributed by atoms with van der Waals surface area (Å²) >= 11 is 11.8. The summed E-state index contributed by atoms with van der Waals surface area (Å²) in [6.45, 7) is 0.878. The Morgan fingerprint density at radius 1 is 1.29 bits per heavy atom. The molecule has 0 spiro atoms. The summed E-state index contributed by atoms with van der Waals surface area (Å²) in [5, 5.41) is 9.96. The SMILES string of the molecule is O=C(O)[C@@H]1CCN(C(=O)CCCc2ccc(Cl)c(Cl)c2)C1. The van der Waals surface area contributed by atoms with Crippen molar-refractivity contribution < 1.29 is 14.7 Å². The molecule has 21 heavy (non-hydrogen) atoms. The molecule has 1 heterocycles. The Kier molecular flexibility index (Phi) is 5.48. The van der Waals surface area contributed by atoms with Gasteiger partial charge in [-0.15, -0.1) is 0 Å². The predicted molar refractivity (Wildman–Crippen MR) is 81.7 cm³/mol. The van der Waals surface area contributed by atoms with Crippen molar-refractivity contribution in [2.24, 2.45) is 5.92 Å². The second-order valence-corrected chi connectivity index (χ2v) is 6.08. The van der Waals surface area contributed by atoms with Crippen molar-refractivity contribution in [3.8, 4) is 0 Å². The van der Waals surface area contributed by atoms with E-state index >= 15 is 0 Å². The van der Waals surface area contributed by atoms with Crippen LogP contribution >= 0.6 is 23.2 Å². The molecule has 0 aromatic heterocycles. The number of nitrogens with zero attached hydrogens (tertiary/aromatic N) is 1. The van der Waals surface area contributed by atoms with Crippen LogP contribution in [0.2, 0.25) is 10.0 Å². The van der Waals surface area contributed by atoms with Crippen LogP contribution in [-0.4, -0.2) is 35.0 Å².